The fourth-order valence-electron chi connectivity index (χ4n) is 3.00. The van der Waals surface area contributed by atoms with Gasteiger partial charge in [0.2, 0.25) is 4.96 Å². The number of halogens is 1. The van der Waals surface area contributed by atoms with Gasteiger partial charge in [0.25, 0.3) is 5.56 Å². The number of methoxy groups -OCH3 is 1. The highest BCUT2D eigenvalue weighted by Gasteiger charge is 2.12. The zero-order valence-electron chi connectivity index (χ0n) is 17.5. The molecule has 6 nitrogen and oxygen atoms in total. The van der Waals surface area contributed by atoms with E-state index in [2.05, 4.69) is 39.9 Å². The van der Waals surface area contributed by atoms with E-state index in [0.717, 1.165) is 22.0 Å². The van der Waals surface area contributed by atoms with Crippen LogP contribution in [0, 0.1) is 5.92 Å². The van der Waals surface area contributed by atoms with E-state index in [1.165, 1.54) is 15.9 Å². The summed E-state index contributed by atoms with van der Waals surface area (Å²) in [5.74, 6) is 2.45. The molecule has 0 saturated carbocycles. The van der Waals surface area contributed by atoms with Crippen LogP contribution in [0.3, 0.4) is 0 Å². The molecule has 160 valence electrons. The Hall–Kier alpha value is -2.71. The summed E-state index contributed by atoms with van der Waals surface area (Å²) in [5, 5.41) is 4.39. The smallest absolute Gasteiger partial charge is 0.291 e. The first-order valence-corrected chi connectivity index (χ1v) is 11.5. The quantitative estimate of drug-likeness (QED) is 0.372. The predicted octanol–water partition coefficient (Wildman–Crippen LogP) is 4.56. The van der Waals surface area contributed by atoms with Crippen molar-refractivity contribution in [3.8, 4) is 22.9 Å². The Kier molecular flexibility index (Phi) is 6.38. The van der Waals surface area contributed by atoms with Gasteiger partial charge >= 0.3 is 0 Å². The first-order valence-electron chi connectivity index (χ1n) is 9.92. The maximum Gasteiger partial charge on any atom is 0.291 e. The van der Waals surface area contributed by atoms with Crippen LogP contribution in [-0.4, -0.2) is 28.3 Å². The third-order valence-electron chi connectivity index (χ3n) is 4.72. The summed E-state index contributed by atoms with van der Waals surface area (Å²) in [6, 6.07) is 13.3. The maximum absolute atomic E-state index is 12.8. The molecule has 2 aromatic heterocycles. The Morgan fingerprint density at radius 1 is 1.16 bits per heavy atom. The number of nitrogens with zero attached hydrogens (tertiary/aromatic N) is 3. The molecule has 0 saturated heterocycles. The van der Waals surface area contributed by atoms with Crippen molar-refractivity contribution < 1.29 is 9.47 Å². The summed E-state index contributed by atoms with van der Waals surface area (Å²) in [7, 11) is 1.61. The Morgan fingerprint density at radius 3 is 2.61 bits per heavy atom. The Morgan fingerprint density at radius 2 is 1.94 bits per heavy atom. The van der Waals surface area contributed by atoms with Crippen LogP contribution >= 0.6 is 27.3 Å². The molecule has 0 radical (unpaired) electrons. The minimum atomic E-state index is -0.188. The lowest BCUT2D eigenvalue weighted by atomic mass is 10.1. The third-order valence-corrected chi connectivity index (χ3v) is 6.21. The van der Waals surface area contributed by atoms with Crippen molar-refractivity contribution >= 4 is 38.3 Å². The summed E-state index contributed by atoms with van der Waals surface area (Å²) in [6.07, 6.45) is 2.80. The second-order valence-corrected chi connectivity index (χ2v) is 9.42. The summed E-state index contributed by atoms with van der Waals surface area (Å²) in [4.78, 5) is 17.9. The predicted molar refractivity (Wildman–Crippen MR) is 127 cm³/mol. The molecule has 2 aromatic carbocycles. The molecule has 2 heterocycles. The molecule has 31 heavy (non-hydrogen) atoms. The van der Waals surface area contributed by atoms with E-state index in [1.807, 2.05) is 48.5 Å². The number of aromatic nitrogens is 3. The maximum atomic E-state index is 12.8. The highest BCUT2D eigenvalue weighted by Crippen LogP contribution is 2.28. The molecule has 0 aliphatic rings. The van der Waals surface area contributed by atoms with Crippen molar-refractivity contribution in [3.63, 3.8) is 0 Å². The normalized spacial score (nSPS) is 12.1. The molecule has 0 bridgehead atoms. The van der Waals surface area contributed by atoms with E-state index in [0.29, 0.717) is 39.3 Å². The molecule has 0 atom stereocenters. The topological polar surface area (TPSA) is 65.7 Å². The average Bonchev–Trinajstić information content (AvgIpc) is 3.28. The number of ether oxygens (including phenoxy) is 2. The minimum Gasteiger partial charge on any atom is -0.493 e. The molecule has 0 spiro atoms. The van der Waals surface area contributed by atoms with Gasteiger partial charge in [-0.25, -0.2) is 0 Å². The lowest BCUT2D eigenvalue weighted by Gasteiger charge is -2.12. The van der Waals surface area contributed by atoms with Crippen molar-refractivity contribution in [1.82, 2.24) is 14.6 Å². The van der Waals surface area contributed by atoms with E-state index in [4.69, 9.17) is 9.47 Å². The van der Waals surface area contributed by atoms with E-state index < -0.39 is 0 Å². The van der Waals surface area contributed by atoms with Gasteiger partial charge in [0.1, 0.15) is 0 Å². The third kappa shape index (κ3) is 4.80. The number of hydrogen-bond donors (Lipinski definition) is 0. The molecule has 0 N–H and O–H groups in total. The standard InChI is InChI=1S/C23H22BrN3O3S/c1-14(2)10-11-30-18-9-4-15(12-19(18)29-3)13-20-22(28)27-23(31-20)25-21(26-27)16-5-7-17(24)8-6-16/h4-9,12-14H,10-11H2,1-3H3/b20-13-. The number of fused-ring (bicyclic) bond motifs is 1. The second kappa shape index (κ2) is 9.20. The van der Waals surface area contributed by atoms with Gasteiger partial charge in [0.05, 0.1) is 18.2 Å². The van der Waals surface area contributed by atoms with Gasteiger partial charge in [-0.05, 0) is 48.2 Å². The summed E-state index contributed by atoms with van der Waals surface area (Å²) < 4.78 is 14.2. The molecule has 4 aromatic rings. The van der Waals surface area contributed by atoms with Crippen LogP contribution in [0.15, 0.2) is 51.7 Å². The molecular weight excluding hydrogens is 478 g/mol. The van der Waals surface area contributed by atoms with Crippen LogP contribution in [0.25, 0.3) is 22.4 Å². The molecule has 0 unspecified atom stereocenters. The summed E-state index contributed by atoms with van der Waals surface area (Å²) in [5.41, 5.74) is 1.52. The van der Waals surface area contributed by atoms with Crippen LogP contribution < -0.4 is 19.6 Å². The van der Waals surface area contributed by atoms with Gasteiger partial charge < -0.3 is 9.47 Å². The SMILES string of the molecule is COc1cc(/C=c2\sc3nc(-c4ccc(Br)cc4)nn3c2=O)ccc1OCCC(C)C. The van der Waals surface area contributed by atoms with Crippen molar-refractivity contribution in [3.05, 3.63) is 67.4 Å². The Labute approximate surface area is 192 Å². The van der Waals surface area contributed by atoms with Gasteiger partial charge in [-0.3, -0.25) is 4.79 Å². The van der Waals surface area contributed by atoms with Crippen molar-refractivity contribution in [2.75, 3.05) is 13.7 Å². The number of thiazole rings is 1. The monoisotopic (exact) mass is 499 g/mol. The summed E-state index contributed by atoms with van der Waals surface area (Å²) in [6.45, 7) is 4.96. The van der Waals surface area contributed by atoms with Crippen LogP contribution in [0.1, 0.15) is 25.8 Å². The molecule has 0 fully saturated rings. The minimum absolute atomic E-state index is 0.188. The first-order chi connectivity index (χ1) is 14.9. The molecular formula is C23H22BrN3O3S. The molecule has 0 aliphatic carbocycles. The van der Waals surface area contributed by atoms with Crippen LogP contribution in [0.2, 0.25) is 0 Å². The van der Waals surface area contributed by atoms with Gasteiger partial charge in [0, 0.05) is 10.0 Å². The molecule has 4 rings (SSSR count). The second-order valence-electron chi connectivity index (χ2n) is 7.49. The van der Waals surface area contributed by atoms with Crippen LogP contribution in [-0.2, 0) is 0 Å². The van der Waals surface area contributed by atoms with Gasteiger partial charge in [0.15, 0.2) is 17.3 Å². The van der Waals surface area contributed by atoms with Crippen molar-refractivity contribution in [1.29, 1.82) is 0 Å². The first kappa shape index (κ1) is 21.5. The number of rotatable bonds is 7. The molecule has 8 heteroatoms. The lowest BCUT2D eigenvalue weighted by molar-refractivity contribution is 0.273. The van der Waals surface area contributed by atoms with E-state index >= 15 is 0 Å². The largest absolute Gasteiger partial charge is 0.493 e. The van der Waals surface area contributed by atoms with Crippen LogP contribution in [0.5, 0.6) is 11.5 Å². The highest BCUT2D eigenvalue weighted by atomic mass is 79.9. The fourth-order valence-corrected chi connectivity index (χ4v) is 4.18. The lowest BCUT2D eigenvalue weighted by Crippen LogP contribution is -2.23. The van der Waals surface area contributed by atoms with Crippen molar-refractivity contribution in [2.24, 2.45) is 5.92 Å². The van der Waals surface area contributed by atoms with E-state index in [-0.39, 0.29) is 5.56 Å². The number of benzene rings is 2. The van der Waals surface area contributed by atoms with Gasteiger partial charge in [-0.1, -0.05) is 59.3 Å². The van der Waals surface area contributed by atoms with Crippen molar-refractivity contribution in [2.45, 2.75) is 20.3 Å². The van der Waals surface area contributed by atoms with Gasteiger partial charge in [-0.15, -0.1) is 5.10 Å². The zero-order chi connectivity index (χ0) is 22.0. The molecule has 0 aliphatic heterocycles. The van der Waals surface area contributed by atoms with E-state index in [9.17, 15) is 4.79 Å². The molecule has 0 amide bonds. The average molecular weight is 500 g/mol. The number of hydrogen-bond acceptors (Lipinski definition) is 6. The highest BCUT2D eigenvalue weighted by molar-refractivity contribution is 9.10. The fraction of sp³-hybridized carbons (Fsp3) is 0.261. The zero-order valence-corrected chi connectivity index (χ0v) is 19.9. The van der Waals surface area contributed by atoms with Gasteiger partial charge in [-0.2, -0.15) is 9.50 Å². The Bertz CT molecular complexity index is 1310. The van der Waals surface area contributed by atoms with E-state index in [1.54, 1.807) is 7.11 Å². The summed E-state index contributed by atoms with van der Waals surface area (Å²) >= 11 is 4.73. The van der Waals surface area contributed by atoms with Crippen LogP contribution in [0.4, 0.5) is 0 Å². The Balaban J connectivity index is 1.63.